The normalized spacial score (nSPS) is 11.9. The molecule has 0 saturated heterocycles. The third-order valence-electron chi connectivity index (χ3n) is 3.91. The van der Waals surface area contributed by atoms with Crippen LogP contribution in [0.25, 0.3) is 21.8 Å². The molecule has 3 N–H and O–H groups in total. The van der Waals surface area contributed by atoms with Gasteiger partial charge in [0, 0.05) is 33.2 Å². The zero-order chi connectivity index (χ0) is 17.6. The van der Waals surface area contributed by atoms with Crippen LogP contribution in [0.1, 0.15) is 0 Å². The molecule has 0 aliphatic heterocycles. The number of hydrogen-bond acceptors (Lipinski definition) is 3. The quantitative estimate of drug-likeness (QED) is 0.513. The molecule has 0 aliphatic carbocycles. The molecule has 126 valence electrons. The minimum absolute atomic E-state index is 0.101. The van der Waals surface area contributed by atoms with Crippen molar-refractivity contribution in [3.8, 4) is 0 Å². The van der Waals surface area contributed by atoms with Gasteiger partial charge in [0.25, 0.3) is 15.6 Å². The van der Waals surface area contributed by atoms with Crippen LogP contribution >= 0.6 is 11.6 Å². The first-order chi connectivity index (χ1) is 11.9. The van der Waals surface area contributed by atoms with Gasteiger partial charge in [-0.2, -0.15) is 0 Å². The molecule has 4 aromatic rings. The van der Waals surface area contributed by atoms with Gasteiger partial charge in [-0.25, -0.2) is 8.42 Å². The van der Waals surface area contributed by atoms with Gasteiger partial charge < -0.3 is 9.97 Å². The molecule has 0 radical (unpaired) electrons. The third kappa shape index (κ3) is 2.77. The topological polar surface area (TPSA) is 94.8 Å². The summed E-state index contributed by atoms with van der Waals surface area (Å²) in [5.41, 5.74) is 1.15. The third-order valence-corrected chi connectivity index (χ3v) is 5.54. The lowest BCUT2D eigenvalue weighted by molar-refractivity contribution is 0.601. The van der Waals surface area contributed by atoms with Crippen LogP contribution in [0.3, 0.4) is 0 Å². The van der Waals surface area contributed by atoms with Crippen molar-refractivity contribution in [3.05, 3.63) is 70.1 Å². The number of sulfonamides is 1. The van der Waals surface area contributed by atoms with Crippen molar-refractivity contribution in [2.75, 3.05) is 4.72 Å². The van der Waals surface area contributed by atoms with E-state index in [1.807, 2.05) is 0 Å². The lowest BCUT2D eigenvalue weighted by atomic mass is 10.1. The Morgan fingerprint density at radius 3 is 2.48 bits per heavy atom. The molecule has 2 aromatic carbocycles. The summed E-state index contributed by atoms with van der Waals surface area (Å²) in [7, 11) is -3.77. The van der Waals surface area contributed by atoms with Crippen LogP contribution in [0.4, 0.5) is 5.69 Å². The number of anilines is 1. The van der Waals surface area contributed by atoms with Gasteiger partial charge in [-0.05, 0) is 48.5 Å². The summed E-state index contributed by atoms with van der Waals surface area (Å²) < 4.78 is 27.8. The van der Waals surface area contributed by atoms with E-state index < -0.39 is 10.0 Å². The van der Waals surface area contributed by atoms with Gasteiger partial charge in [0.1, 0.15) is 5.52 Å². The first kappa shape index (κ1) is 15.7. The van der Waals surface area contributed by atoms with E-state index in [1.54, 1.807) is 48.7 Å². The molecule has 25 heavy (non-hydrogen) atoms. The monoisotopic (exact) mass is 373 g/mol. The smallest absolute Gasteiger partial charge is 0.272 e. The number of aromatic amines is 2. The first-order valence-electron chi connectivity index (χ1n) is 7.35. The van der Waals surface area contributed by atoms with Crippen molar-refractivity contribution in [2.45, 2.75) is 4.90 Å². The summed E-state index contributed by atoms with van der Waals surface area (Å²) in [4.78, 5) is 17.7. The maximum atomic E-state index is 12.6. The maximum Gasteiger partial charge on any atom is 0.272 e. The summed E-state index contributed by atoms with van der Waals surface area (Å²) in [5.74, 6) is 0. The number of H-pyrrole nitrogens is 2. The van der Waals surface area contributed by atoms with Gasteiger partial charge in [0.15, 0.2) is 0 Å². The van der Waals surface area contributed by atoms with E-state index >= 15 is 0 Å². The van der Waals surface area contributed by atoms with E-state index in [1.165, 1.54) is 6.07 Å². The van der Waals surface area contributed by atoms with Crippen molar-refractivity contribution in [3.63, 3.8) is 0 Å². The Balaban J connectivity index is 1.84. The minimum atomic E-state index is -3.77. The Hall–Kier alpha value is -2.77. The Morgan fingerprint density at radius 1 is 0.960 bits per heavy atom. The molecule has 0 saturated carbocycles. The number of hydrogen-bond donors (Lipinski definition) is 3. The molecule has 2 heterocycles. The molecule has 8 heteroatoms. The van der Waals surface area contributed by atoms with Gasteiger partial charge in [0.05, 0.1) is 4.90 Å². The van der Waals surface area contributed by atoms with Crippen LogP contribution in [0.2, 0.25) is 5.02 Å². The van der Waals surface area contributed by atoms with E-state index in [0.717, 1.165) is 0 Å². The van der Waals surface area contributed by atoms with Crippen LogP contribution in [0.15, 0.2) is 64.4 Å². The minimum Gasteiger partial charge on any atom is -0.357 e. The molecule has 0 aliphatic rings. The molecule has 0 spiro atoms. The number of pyridine rings is 1. The predicted octanol–water partition coefficient (Wildman–Crippen LogP) is 3.46. The molecule has 0 amide bonds. The molecular weight excluding hydrogens is 362 g/mol. The van der Waals surface area contributed by atoms with Crippen molar-refractivity contribution >= 4 is 49.1 Å². The van der Waals surface area contributed by atoms with Crippen molar-refractivity contribution in [1.82, 2.24) is 9.97 Å². The van der Waals surface area contributed by atoms with Gasteiger partial charge in [-0.3, -0.25) is 9.52 Å². The highest BCUT2D eigenvalue weighted by atomic mass is 35.5. The Kier molecular flexibility index (Phi) is 3.55. The standard InChI is InChI=1S/C17H12ClN3O3S/c18-10-1-3-11(4-2-10)21-25(23,24)12-5-6-15-14(9-12)13-7-8-19-16(13)17(22)20-15/h1-9,19,21H,(H,20,22). The SMILES string of the molecule is O=c1[nH]c2ccc(S(=O)(=O)Nc3ccc(Cl)cc3)cc2c2cc[nH]c12. The van der Waals surface area contributed by atoms with Crippen LogP contribution in [-0.2, 0) is 10.0 Å². The lowest BCUT2D eigenvalue weighted by Crippen LogP contribution is -2.13. The van der Waals surface area contributed by atoms with E-state index in [0.29, 0.717) is 32.5 Å². The summed E-state index contributed by atoms with van der Waals surface area (Å²) >= 11 is 5.81. The van der Waals surface area contributed by atoms with E-state index in [9.17, 15) is 13.2 Å². The van der Waals surface area contributed by atoms with Crippen LogP contribution in [0, 0.1) is 0 Å². The average molecular weight is 374 g/mol. The number of fused-ring (bicyclic) bond motifs is 3. The number of rotatable bonds is 3. The molecule has 0 atom stereocenters. The fourth-order valence-electron chi connectivity index (χ4n) is 2.72. The summed E-state index contributed by atoms with van der Waals surface area (Å²) in [6.45, 7) is 0. The number of benzene rings is 2. The zero-order valence-electron chi connectivity index (χ0n) is 12.7. The second-order valence-electron chi connectivity index (χ2n) is 5.54. The molecule has 0 unspecified atom stereocenters. The van der Waals surface area contributed by atoms with E-state index in [4.69, 9.17) is 11.6 Å². The van der Waals surface area contributed by atoms with E-state index in [2.05, 4.69) is 14.7 Å². The van der Waals surface area contributed by atoms with Crippen molar-refractivity contribution in [2.24, 2.45) is 0 Å². The summed E-state index contributed by atoms with van der Waals surface area (Å²) in [5, 5.41) is 1.84. The molecule has 4 rings (SSSR count). The average Bonchev–Trinajstić information content (AvgIpc) is 3.07. The largest absolute Gasteiger partial charge is 0.357 e. The van der Waals surface area contributed by atoms with Crippen LogP contribution < -0.4 is 10.3 Å². The van der Waals surface area contributed by atoms with Crippen LogP contribution in [0.5, 0.6) is 0 Å². The van der Waals surface area contributed by atoms with Gasteiger partial charge in [-0.15, -0.1) is 0 Å². The molecule has 6 nitrogen and oxygen atoms in total. The Bertz CT molecular complexity index is 1260. The van der Waals surface area contributed by atoms with Gasteiger partial charge in [-0.1, -0.05) is 11.6 Å². The second kappa shape index (κ2) is 5.65. The molecule has 2 aromatic heterocycles. The zero-order valence-corrected chi connectivity index (χ0v) is 14.3. The molecule has 0 bridgehead atoms. The summed E-state index contributed by atoms with van der Waals surface area (Å²) in [6, 6.07) is 12.7. The fraction of sp³-hybridized carbons (Fsp3) is 0. The Labute approximate surface area is 147 Å². The highest BCUT2D eigenvalue weighted by Gasteiger charge is 2.16. The van der Waals surface area contributed by atoms with Crippen molar-refractivity contribution in [1.29, 1.82) is 0 Å². The van der Waals surface area contributed by atoms with Gasteiger partial charge >= 0.3 is 0 Å². The maximum absolute atomic E-state index is 12.6. The van der Waals surface area contributed by atoms with Crippen molar-refractivity contribution < 1.29 is 8.42 Å². The van der Waals surface area contributed by atoms with Gasteiger partial charge in [0.2, 0.25) is 0 Å². The lowest BCUT2D eigenvalue weighted by Gasteiger charge is -2.09. The first-order valence-corrected chi connectivity index (χ1v) is 9.22. The Morgan fingerprint density at radius 2 is 1.72 bits per heavy atom. The van der Waals surface area contributed by atoms with E-state index in [-0.39, 0.29) is 10.5 Å². The highest BCUT2D eigenvalue weighted by Crippen LogP contribution is 2.25. The van der Waals surface area contributed by atoms with Crippen LogP contribution in [-0.4, -0.2) is 18.4 Å². The second-order valence-corrected chi connectivity index (χ2v) is 7.66. The number of halogens is 1. The number of nitrogens with one attached hydrogen (secondary N) is 3. The fourth-order valence-corrected chi connectivity index (χ4v) is 3.93. The predicted molar refractivity (Wildman–Crippen MR) is 98.7 cm³/mol. The molecule has 0 fully saturated rings. The number of aromatic nitrogens is 2. The summed E-state index contributed by atoms with van der Waals surface area (Å²) in [6.07, 6.45) is 1.65. The highest BCUT2D eigenvalue weighted by molar-refractivity contribution is 7.92. The molecular formula is C17H12ClN3O3S.